The average molecular weight is 269 g/mol. The van der Waals surface area contributed by atoms with E-state index in [-0.39, 0.29) is 16.7 Å². The molecule has 0 amide bonds. The van der Waals surface area contributed by atoms with E-state index in [1.54, 1.807) is 12.1 Å². The van der Waals surface area contributed by atoms with Crippen molar-refractivity contribution in [1.29, 1.82) is 0 Å². The van der Waals surface area contributed by atoms with Crippen LogP contribution in [0.5, 0.6) is 11.5 Å². The molecule has 1 N–H and O–H groups in total. The highest BCUT2D eigenvalue weighted by Crippen LogP contribution is 2.36. The van der Waals surface area contributed by atoms with E-state index >= 15 is 0 Å². The maximum absolute atomic E-state index is 11.8. The van der Waals surface area contributed by atoms with Crippen LogP contribution in [0.25, 0.3) is 0 Å². The Morgan fingerprint density at radius 1 is 1.44 bits per heavy atom. The molecule has 1 saturated carbocycles. The molecule has 0 aliphatic heterocycles. The normalized spacial score (nSPS) is 19.9. The van der Waals surface area contributed by atoms with Crippen LogP contribution in [-0.2, 0) is 11.2 Å². The van der Waals surface area contributed by atoms with Crippen molar-refractivity contribution in [3.8, 4) is 11.5 Å². The van der Waals surface area contributed by atoms with E-state index in [2.05, 4.69) is 0 Å². The van der Waals surface area contributed by atoms with Crippen molar-refractivity contribution in [2.45, 2.75) is 32.1 Å². The maximum Gasteiger partial charge on any atom is 0.176 e. The van der Waals surface area contributed by atoms with Crippen LogP contribution in [0.1, 0.15) is 31.2 Å². The monoisotopic (exact) mass is 268 g/mol. The fraction of sp³-hybridized carbons (Fsp3) is 0.500. The van der Waals surface area contributed by atoms with Crippen LogP contribution in [0.4, 0.5) is 0 Å². The largest absolute Gasteiger partial charge is 0.503 e. The minimum atomic E-state index is -0.0436. The first-order valence-electron chi connectivity index (χ1n) is 6.20. The van der Waals surface area contributed by atoms with Gasteiger partial charge in [-0.1, -0.05) is 18.0 Å². The Bertz CT molecular complexity index is 457. The van der Waals surface area contributed by atoms with Gasteiger partial charge in [0, 0.05) is 12.3 Å². The zero-order chi connectivity index (χ0) is 13.1. The number of Topliss-reactive ketones (excluding diaryl/α,β-unsaturated/α-hetero) is 1. The topological polar surface area (TPSA) is 46.5 Å². The van der Waals surface area contributed by atoms with Gasteiger partial charge in [-0.05, 0) is 37.0 Å². The van der Waals surface area contributed by atoms with E-state index in [0.717, 1.165) is 24.8 Å². The van der Waals surface area contributed by atoms with Crippen molar-refractivity contribution in [2.24, 2.45) is 5.92 Å². The van der Waals surface area contributed by atoms with Crippen LogP contribution in [0.3, 0.4) is 0 Å². The number of phenols is 1. The molecule has 18 heavy (non-hydrogen) atoms. The van der Waals surface area contributed by atoms with Gasteiger partial charge in [0.2, 0.25) is 0 Å². The molecule has 0 spiro atoms. The van der Waals surface area contributed by atoms with Crippen molar-refractivity contribution >= 4 is 17.4 Å². The molecule has 3 nitrogen and oxygen atoms in total. The van der Waals surface area contributed by atoms with Crippen LogP contribution >= 0.6 is 11.6 Å². The summed E-state index contributed by atoms with van der Waals surface area (Å²) < 4.78 is 5.06. The lowest BCUT2D eigenvalue weighted by molar-refractivity contribution is -0.124. The summed E-state index contributed by atoms with van der Waals surface area (Å²) in [5.74, 6) is 0.743. The molecule has 2 rings (SSSR count). The number of ketones is 1. The third-order valence-corrected chi connectivity index (χ3v) is 3.76. The molecule has 0 radical (unpaired) electrons. The fourth-order valence-corrected chi connectivity index (χ4v) is 2.69. The minimum Gasteiger partial charge on any atom is -0.503 e. The lowest BCUT2D eigenvalue weighted by Crippen LogP contribution is -2.21. The molecule has 1 aliphatic rings. The SMILES string of the molecule is COc1cc(CC2CCCCC2=O)cc(Cl)c1O. The second-order valence-electron chi connectivity index (χ2n) is 4.74. The van der Waals surface area contributed by atoms with Crippen molar-refractivity contribution in [3.05, 3.63) is 22.7 Å². The smallest absolute Gasteiger partial charge is 0.176 e. The second-order valence-corrected chi connectivity index (χ2v) is 5.15. The van der Waals surface area contributed by atoms with E-state index in [4.69, 9.17) is 16.3 Å². The lowest BCUT2D eigenvalue weighted by atomic mass is 9.84. The van der Waals surface area contributed by atoms with Crippen molar-refractivity contribution in [3.63, 3.8) is 0 Å². The van der Waals surface area contributed by atoms with Crippen LogP contribution in [0.2, 0.25) is 5.02 Å². The third kappa shape index (κ3) is 2.78. The maximum atomic E-state index is 11.8. The Labute approximate surface area is 112 Å². The zero-order valence-electron chi connectivity index (χ0n) is 10.4. The number of carbonyl (C=O) groups is 1. The average Bonchev–Trinajstić information content (AvgIpc) is 2.36. The Balaban J connectivity index is 2.18. The van der Waals surface area contributed by atoms with Crippen LogP contribution < -0.4 is 4.74 Å². The Morgan fingerprint density at radius 2 is 2.22 bits per heavy atom. The fourth-order valence-electron chi connectivity index (χ4n) is 2.46. The molecular weight excluding hydrogens is 252 g/mol. The van der Waals surface area contributed by atoms with Gasteiger partial charge in [-0.15, -0.1) is 0 Å². The van der Waals surface area contributed by atoms with Crippen LogP contribution in [0, 0.1) is 5.92 Å². The highest BCUT2D eigenvalue weighted by Gasteiger charge is 2.23. The van der Waals surface area contributed by atoms with Gasteiger partial charge in [0.25, 0.3) is 0 Å². The van der Waals surface area contributed by atoms with Gasteiger partial charge in [-0.2, -0.15) is 0 Å². The van der Waals surface area contributed by atoms with Gasteiger partial charge in [-0.3, -0.25) is 4.79 Å². The number of rotatable bonds is 3. The molecule has 1 aromatic carbocycles. The Morgan fingerprint density at radius 3 is 2.89 bits per heavy atom. The van der Waals surface area contributed by atoms with Crippen molar-refractivity contribution < 1.29 is 14.6 Å². The molecule has 0 aromatic heterocycles. The predicted molar refractivity (Wildman–Crippen MR) is 70.3 cm³/mol. The van der Waals surface area contributed by atoms with Crippen LogP contribution in [0.15, 0.2) is 12.1 Å². The number of hydrogen-bond acceptors (Lipinski definition) is 3. The number of methoxy groups -OCH3 is 1. The number of ether oxygens (including phenoxy) is 1. The minimum absolute atomic E-state index is 0.0436. The number of phenolic OH excluding ortho intramolecular Hbond substituents is 1. The zero-order valence-corrected chi connectivity index (χ0v) is 11.2. The molecule has 4 heteroatoms. The highest BCUT2D eigenvalue weighted by atomic mass is 35.5. The molecule has 98 valence electrons. The summed E-state index contributed by atoms with van der Waals surface area (Å²) >= 11 is 5.94. The van der Waals surface area contributed by atoms with Gasteiger partial charge in [0.1, 0.15) is 5.78 Å². The number of halogens is 1. The van der Waals surface area contributed by atoms with Gasteiger partial charge < -0.3 is 9.84 Å². The molecule has 1 aromatic rings. The first-order chi connectivity index (χ1) is 8.61. The summed E-state index contributed by atoms with van der Waals surface area (Å²) in [5.41, 5.74) is 0.940. The summed E-state index contributed by atoms with van der Waals surface area (Å²) in [7, 11) is 1.49. The molecular formula is C14H17ClO3. The summed E-state index contributed by atoms with van der Waals surface area (Å²) in [6.07, 6.45) is 4.43. The van der Waals surface area contributed by atoms with E-state index < -0.39 is 0 Å². The van der Waals surface area contributed by atoms with E-state index in [0.29, 0.717) is 24.4 Å². The van der Waals surface area contributed by atoms with Gasteiger partial charge in [-0.25, -0.2) is 0 Å². The van der Waals surface area contributed by atoms with Crippen molar-refractivity contribution in [1.82, 2.24) is 0 Å². The molecule has 1 aliphatic carbocycles. The summed E-state index contributed by atoms with van der Waals surface area (Å²) in [6, 6.07) is 3.46. The molecule has 1 atom stereocenters. The van der Waals surface area contributed by atoms with Gasteiger partial charge >= 0.3 is 0 Å². The second kappa shape index (κ2) is 5.61. The number of benzene rings is 1. The van der Waals surface area contributed by atoms with Gasteiger partial charge in [0.05, 0.1) is 12.1 Å². The summed E-state index contributed by atoms with van der Waals surface area (Å²) in [4.78, 5) is 11.8. The lowest BCUT2D eigenvalue weighted by Gasteiger charge is -2.20. The van der Waals surface area contributed by atoms with E-state index in [1.165, 1.54) is 7.11 Å². The van der Waals surface area contributed by atoms with E-state index in [9.17, 15) is 9.90 Å². The molecule has 1 fully saturated rings. The molecule has 0 saturated heterocycles. The highest BCUT2D eigenvalue weighted by molar-refractivity contribution is 6.32. The molecule has 0 bridgehead atoms. The summed E-state index contributed by atoms with van der Waals surface area (Å²) in [6.45, 7) is 0. The first-order valence-corrected chi connectivity index (χ1v) is 6.57. The molecule has 0 heterocycles. The van der Waals surface area contributed by atoms with Gasteiger partial charge in [0.15, 0.2) is 11.5 Å². The number of carbonyl (C=O) groups excluding carboxylic acids is 1. The number of hydrogen-bond donors (Lipinski definition) is 1. The Kier molecular flexibility index (Phi) is 4.12. The Hall–Kier alpha value is -1.22. The standard InChI is InChI=1S/C14H17ClO3/c1-18-13-8-9(7-11(15)14(13)17)6-10-4-2-3-5-12(10)16/h7-8,10,17H,2-6H2,1H3. The van der Waals surface area contributed by atoms with Crippen molar-refractivity contribution in [2.75, 3.05) is 7.11 Å². The molecule has 1 unspecified atom stereocenters. The number of aromatic hydroxyl groups is 1. The van der Waals surface area contributed by atoms with Crippen LogP contribution in [-0.4, -0.2) is 18.0 Å². The summed E-state index contributed by atoms with van der Waals surface area (Å²) in [5, 5.41) is 9.93. The predicted octanol–water partition coefficient (Wildman–Crippen LogP) is 3.36. The first kappa shape index (κ1) is 13.2. The quantitative estimate of drug-likeness (QED) is 0.914. The third-order valence-electron chi connectivity index (χ3n) is 3.47. The van der Waals surface area contributed by atoms with E-state index in [1.807, 2.05) is 0 Å².